The van der Waals surface area contributed by atoms with Crippen molar-refractivity contribution < 1.29 is 9.53 Å². The highest BCUT2D eigenvalue weighted by molar-refractivity contribution is 5.80. The van der Waals surface area contributed by atoms with Crippen LogP contribution in [-0.4, -0.2) is 19.0 Å². The van der Waals surface area contributed by atoms with Gasteiger partial charge in [-0.2, -0.15) is 0 Å². The average molecular weight is 128 g/mol. The molecule has 0 aliphatic carbocycles. The van der Waals surface area contributed by atoms with Crippen LogP contribution in [0.3, 0.4) is 0 Å². The van der Waals surface area contributed by atoms with Gasteiger partial charge in [-0.15, -0.1) is 0 Å². The van der Waals surface area contributed by atoms with Crippen molar-refractivity contribution in [3.8, 4) is 0 Å². The molecule has 0 radical (unpaired) electrons. The van der Waals surface area contributed by atoms with Gasteiger partial charge in [0.15, 0.2) is 0 Å². The third-order valence-corrected chi connectivity index (χ3v) is 1.63. The smallest absolute Gasteiger partial charge is 0.138 e. The largest absolute Gasteiger partial charge is 0.381 e. The van der Waals surface area contributed by atoms with E-state index >= 15 is 0 Å². The molecule has 1 atom stereocenters. The van der Waals surface area contributed by atoms with E-state index < -0.39 is 0 Å². The maximum atomic E-state index is 10.9. The normalized spacial score (nSPS) is 29.9. The third kappa shape index (κ3) is 1.79. The summed E-state index contributed by atoms with van der Waals surface area (Å²) >= 11 is 0. The molecule has 2 heteroatoms. The van der Waals surface area contributed by atoms with Crippen LogP contribution in [0.15, 0.2) is 0 Å². The summed E-state index contributed by atoms with van der Waals surface area (Å²) < 4.78 is 5.16. The molecule has 1 aliphatic rings. The summed E-state index contributed by atoms with van der Waals surface area (Å²) in [6, 6.07) is 0. The Balaban J connectivity index is 2.41. The molecule has 1 aliphatic heterocycles. The first kappa shape index (κ1) is 6.75. The first-order valence-corrected chi connectivity index (χ1v) is 3.41. The molecule has 0 bridgehead atoms. The number of ether oxygens (including phenoxy) is 1. The van der Waals surface area contributed by atoms with Gasteiger partial charge in [-0.05, 0) is 6.42 Å². The molecular formula is C7H12O2. The molecule has 0 spiro atoms. The van der Waals surface area contributed by atoms with E-state index in [9.17, 15) is 4.79 Å². The molecule has 0 aromatic heterocycles. The molecule has 52 valence electrons. The van der Waals surface area contributed by atoms with Gasteiger partial charge in [0.1, 0.15) is 5.78 Å². The summed E-state index contributed by atoms with van der Waals surface area (Å²) in [5.74, 6) is 0.486. The van der Waals surface area contributed by atoms with E-state index in [1.165, 1.54) is 0 Å². The maximum Gasteiger partial charge on any atom is 0.138 e. The van der Waals surface area contributed by atoms with E-state index in [0.717, 1.165) is 13.0 Å². The minimum Gasteiger partial charge on any atom is -0.381 e. The van der Waals surface area contributed by atoms with Crippen LogP contribution in [0.25, 0.3) is 0 Å². The van der Waals surface area contributed by atoms with E-state index in [0.29, 0.717) is 18.8 Å². The van der Waals surface area contributed by atoms with Crippen molar-refractivity contribution in [3.63, 3.8) is 0 Å². The first-order chi connectivity index (χ1) is 4.30. The van der Waals surface area contributed by atoms with Gasteiger partial charge in [0, 0.05) is 18.9 Å². The van der Waals surface area contributed by atoms with Gasteiger partial charge in [-0.1, -0.05) is 6.92 Å². The Hall–Kier alpha value is -0.370. The lowest BCUT2D eigenvalue weighted by molar-refractivity contribution is -0.122. The molecule has 0 aromatic rings. The summed E-state index contributed by atoms with van der Waals surface area (Å²) in [6.45, 7) is 3.31. The number of hydrogen-bond acceptors (Lipinski definition) is 2. The highest BCUT2D eigenvalue weighted by Gasteiger charge is 2.15. The predicted molar refractivity (Wildman–Crippen MR) is 34.2 cm³/mol. The Morgan fingerprint density at radius 3 is 3.22 bits per heavy atom. The minimum atomic E-state index is 0.132. The van der Waals surface area contributed by atoms with Gasteiger partial charge in [0.05, 0.1) is 6.61 Å². The summed E-state index contributed by atoms with van der Waals surface area (Å²) in [6.07, 6.45) is 1.62. The second kappa shape index (κ2) is 2.97. The zero-order chi connectivity index (χ0) is 6.69. The van der Waals surface area contributed by atoms with Gasteiger partial charge in [-0.3, -0.25) is 4.79 Å². The first-order valence-electron chi connectivity index (χ1n) is 3.41. The second-order valence-electron chi connectivity index (χ2n) is 2.55. The minimum absolute atomic E-state index is 0.132. The fourth-order valence-electron chi connectivity index (χ4n) is 0.948. The third-order valence-electron chi connectivity index (χ3n) is 1.63. The average Bonchev–Trinajstić information content (AvgIpc) is 1.99. The maximum absolute atomic E-state index is 10.9. The molecule has 0 amide bonds. The number of ketones is 1. The molecule has 1 fully saturated rings. The molecule has 0 N–H and O–H groups in total. The van der Waals surface area contributed by atoms with Gasteiger partial charge in [-0.25, -0.2) is 0 Å². The van der Waals surface area contributed by atoms with Gasteiger partial charge in [0.2, 0.25) is 0 Å². The van der Waals surface area contributed by atoms with E-state index in [2.05, 4.69) is 0 Å². The SMILES string of the molecule is CC1COCCCC1=O. The second-order valence-corrected chi connectivity index (χ2v) is 2.55. The Morgan fingerprint density at radius 1 is 1.67 bits per heavy atom. The molecule has 2 nitrogen and oxygen atoms in total. The van der Waals surface area contributed by atoms with E-state index in [1.807, 2.05) is 6.92 Å². The van der Waals surface area contributed by atoms with Crippen LogP contribution >= 0.6 is 0 Å². The van der Waals surface area contributed by atoms with Crippen LogP contribution < -0.4 is 0 Å². The van der Waals surface area contributed by atoms with Crippen molar-refractivity contribution in [2.45, 2.75) is 19.8 Å². The Morgan fingerprint density at radius 2 is 2.44 bits per heavy atom. The Kier molecular flexibility index (Phi) is 2.22. The quantitative estimate of drug-likeness (QED) is 0.486. The molecule has 0 saturated carbocycles. The van der Waals surface area contributed by atoms with Crippen molar-refractivity contribution in [3.05, 3.63) is 0 Å². The number of hydrogen-bond donors (Lipinski definition) is 0. The summed E-state index contributed by atoms with van der Waals surface area (Å²) in [5, 5.41) is 0. The zero-order valence-electron chi connectivity index (χ0n) is 5.72. The summed E-state index contributed by atoms with van der Waals surface area (Å²) in [5.41, 5.74) is 0. The molecule has 1 heterocycles. The Labute approximate surface area is 55.2 Å². The Bertz CT molecular complexity index is 109. The molecule has 0 aromatic carbocycles. The fraction of sp³-hybridized carbons (Fsp3) is 0.857. The summed E-state index contributed by atoms with van der Waals surface area (Å²) in [7, 11) is 0. The molecular weight excluding hydrogens is 116 g/mol. The lowest BCUT2D eigenvalue weighted by atomic mass is 10.1. The molecule has 1 saturated heterocycles. The number of Topliss-reactive ketones (excluding diaryl/α,β-unsaturated/α-hetero) is 1. The van der Waals surface area contributed by atoms with Crippen molar-refractivity contribution in [1.29, 1.82) is 0 Å². The number of carbonyl (C=O) groups excluding carboxylic acids is 1. The molecule has 9 heavy (non-hydrogen) atoms. The van der Waals surface area contributed by atoms with Crippen molar-refractivity contribution in [2.75, 3.05) is 13.2 Å². The number of carbonyl (C=O) groups is 1. The summed E-state index contributed by atoms with van der Waals surface area (Å²) in [4.78, 5) is 10.9. The van der Waals surface area contributed by atoms with E-state index in [-0.39, 0.29) is 5.92 Å². The molecule has 1 rings (SSSR count). The number of rotatable bonds is 0. The van der Waals surface area contributed by atoms with Crippen molar-refractivity contribution >= 4 is 5.78 Å². The van der Waals surface area contributed by atoms with Gasteiger partial charge in [0.25, 0.3) is 0 Å². The molecule has 1 unspecified atom stereocenters. The zero-order valence-corrected chi connectivity index (χ0v) is 5.72. The van der Waals surface area contributed by atoms with Crippen LogP contribution in [0.4, 0.5) is 0 Å². The van der Waals surface area contributed by atoms with Crippen LogP contribution in [0.2, 0.25) is 0 Å². The standard InChI is InChI=1S/C7H12O2/c1-6-5-9-4-2-3-7(6)8/h6H,2-5H2,1H3. The van der Waals surface area contributed by atoms with Crippen molar-refractivity contribution in [1.82, 2.24) is 0 Å². The van der Waals surface area contributed by atoms with Crippen LogP contribution in [0, 0.1) is 5.92 Å². The lowest BCUT2D eigenvalue weighted by Gasteiger charge is -2.02. The van der Waals surface area contributed by atoms with Crippen LogP contribution in [-0.2, 0) is 9.53 Å². The fourth-order valence-corrected chi connectivity index (χ4v) is 0.948. The highest BCUT2D eigenvalue weighted by atomic mass is 16.5. The highest BCUT2D eigenvalue weighted by Crippen LogP contribution is 2.08. The monoisotopic (exact) mass is 128 g/mol. The van der Waals surface area contributed by atoms with Crippen molar-refractivity contribution in [2.24, 2.45) is 5.92 Å². The van der Waals surface area contributed by atoms with E-state index in [4.69, 9.17) is 4.74 Å². The van der Waals surface area contributed by atoms with E-state index in [1.54, 1.807) is 0 Å². The van der Waals surface area contributed by atoms with Gasteiger partial charge < -0.3 is 4.74 Å². The van der Waals surface area contributed by atoms with Gasteiger partial charge >= 0.3 is 0 Å². The topological polar surface area (TPSA) is 26.3 Å². The predicted octanol–water partition coefficient (Wildman–Crippen LogP) is 1.00. The van der Waals surface area contributed by atoms with Crippen LogP contribution in [0.1, 0.15) is 19.8 Å². The lowest BCUT2D eigenvalue weighted by Crippen LogP contribution is -2.12. The van der Waals surface area contributed by atoms with Crippen LogP contribution in [0.5, 0.6) is 0 Å².